The molecule has 5 nitrogen and oxygen atoms in total. The average molecular weight is 398 g/mol. The number of anilines is 2. The van der Waals surface area contributed by atoms with Gasteiger partial charge in [0.1, 0.15) is 11.5 Å². The standard InChI is InChI=1S/C25H22N2O3/c28-17-10-11-20(23(29)14-17)24-19-8-4-7-18(19)21-13-16(9-12-22(21)27-24)26-25(30)15-5-2-1-3-6-15/h1-7,9-14,18-19,24,27-29H,8H2,(H,26,30). The van der Waals surface area contributed by atoms with Crippen LogP contribution in [0.5, 0.6) is 11.5 Å². The molecule has 0 saturated carbocycles. The Hall–Kier alpha value is -3.73. The largest absolute Gasteiger partial charge is 0.508 e. The SMILES string of the molecule is O=C(Nc1ccc2c(c1)C1C=CCC1C(c1ccc(O)cc1O)N2)c1ccccc1. The van der Waals surface area contributed by atoms with Crippen LogP contribution >= 0.6 is 0 Å². The lowest BCUT2D eigenvalue weighted by molar-refractivity contribution is 0.102. The number of carbonyl (C=O) groups is 1. The van der Waals surface area contributed by atoms with Crippen molar-refractivity contribution >= 4 is 17.3 Å². The third-order valence-electron chi connectivity index (χ3n) is 6.01. The summed E-state index contributed by atoms with van der Waals surface area (Å²) in [7, 11) is 0. The molecule has 0 fully saturated rings. The highest BCUT2D eigenvalue weighted by atomic mass is 16.3. The zero-order chi connectivity index (χ0) is 20.7. The number of allylic oxidation sites excluding steroid dienone is 2. The Morgan fingerprint density at radius 2 is 1.80 bits per heavy atom. The van der Waals surface area contributed by atoms with Crippen molar-refractivity contribution in [1.82, 2.24) is 0 Å². The lowest BCUT2D eigenvalue weighted by atomic mass is 9.76. The van der Waals surface area contributed by atoms with Gasteiger partial charge in [0.2, 0.25) is 0 Å². The maximum atomic E-state index is 12.5. The van der Waals surface area contributed by atoms with E-state index in [9.17, 15) is 15.0 Å². The van der Waals surface area contributed by atoms with Gasteiger partial charge < -0.3 is 20.8 Å². The van der Waals surface area contributed by atoms with Crippen molar-refractivity contribution in [3.05, 3.63) is 95.6 Å². The third kappa shape index (κ3) is 3.18. The van der Waals surface area contributed by atoms with Crippen LogP contribution < -0.4 is 10.6 Å². The molecule has 30 heavy (non-hydrogen) atoms. The topological polar surface area (TPSA) is 81.6 Å². The monoisotopic (exact) mass is 398 g/mol. The van der Waals surface area contributed by atoms with E-state index in [0.717, 1.165) is 28.9 Å². The number of hydrogen-bond donors (Lipinski definition) is 4. The van der Waals surface area contributed by atoms with Crippen LogP contribution in [-0.2, 0) is 0 Å². The number of hydrogen-bond acceptors (Lipinski definition) is 4. The maximum absolute atomic E-state index is 12.5. The van der Waals surface area contributed by atoms with Crippen molar-refractivity contribution in [3.8, 4) is 11.5 Å². The number of aromatic hydroxyl groups is 2. The molecule has 1 aliphatic heterocycles. The summed E-state index contributed by atoms with van der Waals surface area (Å²) in [6, 6.07) is 19.7. The van der Waals surface area contributed by atoms with Crippen LogP contribution in [0.4, 0.5) is 11.4 Å². The van der Waals surface area contributed by atoms with Crippen molar-refractivity contribution in [3.63, 3.8) is 0 Å². The van der Waals surface area contributed by atoms with E-state index in [0.29, 0.717) is 5.56 Å². The van der Waals surface area contributed by atoms with Crippen LogP contribution in [0.15, 0.2) is 78.9 Å². The van der Waals surface area contributed by atoms with Crippen molar-refractivity contribution in [2.24, 2.45) is 5.92 Å². The Bertz CT molecular complexity index is 1140. The summed E-state index contributed by atoms with van der Waals surface area (Å²) < 4.78 is 0. The predicted octanol–water partition coefficient (Wildman–Crippen LogP) is 5.18. The number of amides is 1. The fourth-order valence-electron chi connectivity index (χ4n) is 4.57. The van der Waals surface area contributed by atoms with Gasteiger partial charge >= 0.3 is 0 Å². The van der Waals surface area contributed by atoms with E-state index in [-0.39, 0.29) is 35.3 Å². The van der Waals surface area contributed by atoms with Gasteiger partial charge in [-0.1, -0.05) is 30.4 Å². The van der Waals surface area contributed by atoms with Gasteiger partial charge in [0, 0.05) is 34.5 Å². The number of nitrogens with one attached hydrogen (secondary N) is 2. The van der Waals surface area contributed by atoms with Gasteiger partial charge in [-0.2, -0.15) is 0 Å². The smallest absolute Gasteiger partial charge is 0.255 e. The second-order valence-electron chi connectivity index (χ2n) is 7.84. The Kier molecular flexibility index (Phi) is 4.43. The molecule has 0 radical (unpaired) electrons. The molecule has 150 valence electrons. The van der Waals surface area contributed by atoms with E-state index >= 15 is 0 Å². The fraction of sp³-hybridized carbons (Fsp3) is 0.160. The predicted molar refractivity (Wildman–Crippen MR) is 117 cm³/mol. The third-order valence-corrected chi connectivity index (χ3v) is 6.01. The summed E-state index contributed by atoms with van der Waals surface area (Å²) in [6.45, 7) is 0. The summed E-state index contributed by atoms with van der Waals surface area (Å²) >= 11 is 0. The highest BCUT2D eigenvalue weighted by molar-refractivity contribution is 6.04. The van der Waals surface area contributed by atoms with Gasteiger partial charge in [-0.25, -0.2) is 0 Å². The molecule has 1 aliphatic carbocycles. The molecule has 3 aromatic rings. The molecule has 0 bridgehead atoms. The first-order valence-electron chi connectivity index (χ1n) is 10.1. The van der Waals surface area contributed by atoms with E-state index < -0.39 is 0 Å². The highest BCUT2D eigenvalue weighted by Gasteiger charge is 2.39. The molecule has 3 unspecified atom stereocenters. The van der Waals surface area contributed by atoms with Crippen LogP contribution in [0.3, 0.4) is 0 Å². The van der Waals surface area contributed by atoms with Gasteiger partial charge in [-0.3, -0.25) is 4.79 Å². The van der Waals surface area contributed by atoms with E-state index in [1.165, 1.54) is 6.07 Å². The van der Waals surface area contributed by atoms with Gasteiger partial charge in [0.25, 0.3) is 5.91 Å². The molecule has 0 aromatic heterocycles. The molecule has 0 saturated heterocycles. The molecular formula is C25H22N2O3. The molecule has 0 spiro atoms. The lowest BCUT2D eigenvalue weighted by Gasteiger charge is -2.38. The lowest BCUT2D eigenvalue weighted by Crippen LogP contribution is -2.29. The van der Waals surface area contributed by atoms with Crippen LogP contribution in [0, 0.1) is 5.92 Å². The molecule has 1 heterocycles. The van der Waals surface area contributed by atoms with Crippen molar-refractivity contribution < 1.29 is 15.0 Å². The van der Waals surface area contributed by atoms with Gasteiger partial charge in [-0.15, -0.1) is 0 Å². The second kappa shape index (κ2) is 7.26. The van der Waals surface area contributed by atoms with Crippen LogP contribution in [0.2, 0.25) is 0 Å². The molecule has 4 N–H and O–H groups in total. The Morgan fingerprint density at radius 1 is 0.967 bits per heavy atom. The molecular weight excluding hydrogens is 376 g/mol. The van der Waals surface area contributed by atoms with Gasteiger partial charge in [0.05, 0.1) is 6.04 Å². The minimum Gasteiger partial charge on any atom is -0.508 e. The first-order chi connectivity index (χ1) is 14.6. The Labute approximate surface area is 174 Å². The molecule has 3 atom stereocenters. The number of phenolic OH excluding ortho intramolecular Hbond substituents is 2. The fourth-order valence-corrected chi connectivity index (χ4v) is 4.57. The normalized spacial score (nSPS) is 21.4. The molecule has 1 amide bonds. The van der Waals surface area contributed by atoms with Gasteiger partial charge in [-0.05, 0) is 60.4 Å². The average Bonchev–Trinajstić information content (AvgIpc) is 3.25. The molecule has 5 rings (SSSR count). The quantitative estimate of drug-likeness (QED) is 0.459. The highest BCUT2D eigenvalue weighted by Crippen LogP contribution is 2.51. The summed E-state index contributed by atoms with van der Waals surface area (Å²) in [6.07, 6.45) is 5.27. The first kappa shape index (κ1) is 18.3. The minimum atomic E-state index is -0.135. The zero-order valence-corrected chi connectivity index (χ0v) is 16.2. The van der Waals surface area contributed by atoms with Crippen molar-refractivity contribution in [2.75, 3.05) is 10.6 Å². The van der Waals surface area contributed by atoms with Gasteiger partial charge in [0.15, 0.2) is 0 Å². The second-order valence-corrected chi connectivity index (χ2v) is 7.84. The Balaban J connectivity index is 1.46. The van der Waals surface area contributed by atoms with Crippen LogP contribution in [-0.4, -0.2) is 16.1 Å². The molecule has 3 aromatic carbocycles. The number of benzene rings is 3. The van der Waals surface area contributed by atoms with E-state index in [1.54, 1.807) is 24.3 Å². The summed E-state index contributed by atoms with van der Waals surface area (Å²) in [5, 5.41) is 26.6. The maximum Gasteiger partial charge on any atom is 0.255 e. The van der Waals surface area contributed by atoms with Crippen molar-refractivity contribution in [1.29, 1.82) is 0 Å². The Morgan fingerprint density at radius 3 is 2.60 bits per heavy atom. The number of phenols is 2. The van der Waals surface area contributed by atoms with Crippen molar-refractivity contribution in [2.45, 2.75) is 18.4 Å². The number of rotatable bonds is 3. The van der Waals surface area contributed by atoms with Crippen LogP contribution in [0.25, 0.3) is 0 Å². The molecule has 2 aliphatic rings. The van der Waals surface area contributed by atoms with E-state index in [2.05, 4.69) is 22.8 Å². The number of fused-ring (bicyclic) bond motifs is 3. The summed E-state index contributed by atoms with van der Waals surface area (Å²) in [5.41, 5.74) is 4.27. The van der Waals surface area contributed by atoms with E-state index in [4.69, 9.17) is 0 Å². The van der Waals surface area contributed by atoms with E-state index in [1.807, 2.05) is 36.4 Å². The summed E-state index contributed by atoms with van der Waals surface area (Å²) in [5.74, 6) is 0.437. The summed E-state index contributed by atoms with van der Waals surface area (Å²) in [4.78, 5) is 12.5. The number of carbonyl (C=O) groups excluding carboxylic acids is 1. The zero-order valence-electron chi connectivity index (χ0n) is 16.2. The van der Waals surface area contributed by atoms with Crippen LogP contribution in [0.1, 0.15) is 39.9 Å². The first-order valence-corrected chi connectivity index (χ1v) is 10.1. The molecule has 5 heteroatoms. The minimum absolute atomic E-state index is 0.0485.